The molecule has 0 saturated carbocycles. The zero-order chi connectivity index (χ0) is 23.4. The largest absolute Gasteiger partial charge is 0.374 e. The van der Waals surface area contributed by atoms with Crippen molar-refractivity contribution in [1.82, 2.24) is 19.6 Å². The second-order valence-electron chi connectivity index (χ2n) is 9.07. The normalized spacial score (nSPS) is 23.5. The third-order valence-corrected chi connectivity index (χ3v) is 7.63. The van der Waals surface area contributed by atoms with E-state index in [9.17, 15) is 9.59 Å². The number of carbonyl (C=O) groups excluding carboxylic acids is 2. The third-order valence-electron chi connectivity index (χ3n) is 6.89. The molecule has 3 aliphatic heterocycles. The molecule has 4 rings (SSSR count). The Kier molecular flexibility index (Phi) is 8.35. The summed E-state index contributed by atoms with van der Waals surface area (Å²) in [5.41, 5.74) is 0.640. The van der Waals surface area contributed by atoms with Crippen molar-refractivity contribution in [3.8, 4) is 0 Å². The van der Waals surface area contributed by atoms with Gasteiger partial charge in [-0.15, -0.1) is 0 Å². The van der Waals surface area contributed by atoms with Gasteiger partial charge in [0.25, 0.3) is 0 Å². The van der Waals surface area contributed by atoms with Gasteiger partial charge in [-0.05, 0) is 31.0 Å². The maximum Gasteiger partial charge on any atom is 0.321 e. The molecule has 1 N–H and O–H groups in total. The maximum atomic E-state index is 12.6. The van der Waals surface area contributed by atoms with Crippen LogP contribution < -0.4 is 5.32 Å². The van der Waals surface area contributed by atoms with E-state index in [-0.39, 0.29) is 18.0 Å². The van der Waals surface area contributed by atoms with Gasteiger partial charge >= 0.3 is 6.03 Å². The van der Waals surface area contributed by atoms with E-state index in [0.29, 0.717) is 34.9 Å². The van der Waals surface area contributed by atoms with Crippen LogP contribution in [-0.2, 0) is 9.53 Å². The van der Waals surface area contributed by atoms with Gasteiger partial charge in [0, 0.05) is 77.6 Å². The van der Waals surface area contributed by atoms with Crippen molar-refractivity contribution in [2.24, 2.45) is 0 Å². The predicted octanol–water partition coefficient (Wildman–Crippen LogP) is 2.85. The molecule has 10 heteroatoms. The summed E-state index contributed by atoms with van der Waals surface area (Å²) in [6.45, 7) is 9.89. The molecular formula is C23H33Cl2N5O3. The number of ether oxygens (including phenoxy) is 1. The SMILES string of the molecule is CC(=O)N1CCC(N2CCO[C@@H](CN3CCN(C(=O)Nc4ccc(Cl)c(Cl)c4)CC3)C2)CC1. The monoisotopic (exact) mass is 497 g/mol. The highest BCUT2D eigenvalue weighted by Gasteiger charge is 2.31. The van der Waals surface area contributed by atoms with Crippen LogP contribution in [-0.4, -0.2) is 109 Å². The third kappa shape index (κ3) is 6.51. The molecule has 3 fully saturated rings. The molecule has 3 amide bonds. The van der Waals surface area contributed by atoms with E-state index in [0.717, 1.165) is 65.3 Å². The Balaban J connectivity index is 1.20. The zero-order valence-electron chi connectivity index (χ0n) is 19.1. The Hall–Kier alpha value is -1.58. The van der Waals surface area contributed by atoms with Crippen LogP contribution in [0.4, 0.5) is 10.5 Å². The molecule has 1 aromatic carbocycles. The van der Waals surface area contributed by atoms with Crippen LogP contribution in [0.25, 0.3) is 0 Å². The Morgan fingerprint density at radius 3 is 2.39 bits per heavy atom. The van der Waals surface area contributed by atoms with Crippen molar-refractivity contribution < 1.29 is 14.3 Å². The lowest BCUT2D eigenvalue weighted by Crippen LogP contribution is -2.56. The molecule has 3 saturated heterocycles. The summed E-state index contributed by atoms with van der Waals surface area (Å²) in [5.74, 6) is 0.179. The first-order valence-corrected chi connectivity index (χ1v) is 12.5. The topological polar surface area (TPSA) is 68.4 Å². The molecule has 33 heavy (non-hydrogen) atoms. The highest BCUT2D eigenvalue weighted by molar-refractivity contribution is 6.42. The number of likely N-dealkylation sites (tertiary alicyclic amines) is 1. The number of morpholine rings is 1. The van der Waals surface area contributed by atoms with Crippen LogP contribution in [0.15, 0.2) is 18.2 Å². The number of piperidine rings is 1. The summed E-state index contributed by atoms with van der Waals surface area (Å²) in [6, 6.07) is 5.50. The number of piperazine rings is 1. The van der Waals surface area contributed by atoms with Crippen molar-refractivity contribution in [1.29, 1.82) is 0 Å². The summed E-state index contributed by atoms with van der Waals surface area (Å²) in [6.07, 6.45) is 2.26. The minimum Gasteiger partial charge on any atom is -0.374 e. The summed E-state index contributed by atoms with van der Waals surface area (Å²) in [4.78, 5) is 32.9. The Bertz CT molecular complexity index is 841. The number of hydrogen-bond acceptors (Lipinski definition) is 5. The van der Waals surface area contributed by atoms with Crippen LogP contribution in [0.3, 0.4) is 0 Å². The second kappa shape index (κ2) is 11.2. The first kappa shape index (κ1) is 24.5. The molecule has 0 bridgehead atoms. The van der Waals surface area contributed by atoms with Crippen LogP contribution >= 0.6 is 23.2 Å². The van der Waals surface area contributed by atoms with Gasteiger partial charge in [0.15, 0.2) is 0 Å². The lowest BCUT2D eigenvalue weighted by molar-refractivity contribution is -0.131. The smallest absolute Gasteiger partial charge is 0.321 e. The molecule has 8 nitrogen and oxygen atoms in total. The van der Waals surface area contributed by atoms with E-state index in [4.69, 9.17) is 27.9 Å². The van der Waals surface area contributed by atoms with Gasteiger partial charge < -0.3 is 19.9 Å². The number of anilines is 1. The minimum atomic E-state index is -0.120. The Morgan fingerprint density at radius 2 is 1.73 bits per heavy atom. The number of rotatable bonds is 4. The molecule has 3 aliphatic rings. The molecule has 0 unspecified atom stereocenters. The van der Waals surface area contributed by atoms with E-state index < -0.39 is 0 Å². The molecule has 1 atom stereocenters. The van der Waals surface area contributed by atoms with Gasteiger partial charge in [0.1, 0.15) is 0 Å². The van der Waals surface area contributed by atoms with Crippen LogP contribution in [0, 0.1) is 0 Å². The highest BCUT2D eigenvalue weighted by Crippen LogP contribution is 2.25. The molecule has 0 aliphatic carbocycles. The van der Waals surface area contributed by atoms with E-state index in [1.807, 2.05) is 9.80 Å². The fourth-order valence-corrected chi connectivity index (χ4v) is 5.23. The standard InChI is InChI=1S/C23H33Cl2N5O3/c1-17(31)28-6-4-19(5-7-28)30-12-13-33-20(16-30)15-27-8-10-29(11-9-27)23(32)26-18-2-3-21(24)22(25)14-18/h2-3,14,19-20H,4-13,15-16H2,1H3,(H,26,32)/t20-/m0/s1. The number of benzene rings is 1. The van der Waals surface area contributed by atoms with Crippen molar-refractivity contribution in [3.05, 3.63) is 28.2 Å². The first-order chi connectivity index (χ1) is 15.9. The number of halogens is 2. The van der Waals surface area contributed by atoms with Gasteiger partial charge in [-0.25, -0.2) is 4.79 Å². The van der Waals surface area contributed by atoms with Gasteiger partial charge in [-0.3, -0.25) is 14.6 Å². The fraction of sp³-hybridized carbons (Fsp3) is 0.652. The molecule has 182 valence electrons. The first-order valence-electron chi connectivity index (χ1n) is 11.7. The predicted molar refractivity (Wildman–Crippen MR) is 130 cm³/mol. The van der Waals surface area contributed by atoms with Crippen molar-refractivity contribution in [2.75, 3.05) is 70.8 Å². The van der Waals surface area contributed by atoms with Gasteiger partial charge in [0.05, 0.1) is 22.8 Å². The van der Waals surface area contributed by atoms with E-state index in [1.54, 1.807) is 25.1 Å². The highest BCUT2D eigenvalue weighted by atomic mass is 35.5. The average Bonchev–Trinajstić information content (AvgIpc) is 2.82. The molecule has 1 aromatic rings. The van der Waals surface area contributed by atoms with E-state index in [2.05, 4.69) is 15.1 Å². The van der Waals surface area contributed by atoms with E-state index >= 15 is 0 Å². The van der Waals surface area contributed by atoms with E-state index in [1.165, 1.54) is 0 Å². The molecule has 0 aromatic heterocycles. The molecule has 0 radical (unpaired) electrons. The van der Waals surface area contributed by atoms with Crippen molar-refractivity contribution in [2.45, 2.75) is 31.9 Å². The van der Waals surface area contributed by atoms with Gasteiger partial charge in [0.2, 0.25) is 5.91 Å². The molecule has 3 heterocycles. The van der Waals surface area contributed by atoms with Crippen LogP contribution in [0.1, 0.15) is 19.8 Å². The minimum absolute atomic E-state index is 0.120. The summed E-state index contributed by atoms with van der Waals surface area (Å²) < 4.78 is 6.07. The van der Waals surface area contributed by atoms with Gasteiger partial charge in [-0.2, -0.15) is 0 Å². The number of nitrogens with one attached hydrogen (secondary N) is 1. The number of urea groups is 1. The van der Waals surface area contributed by atoms with Crippen LogP contribution in [0.2, 0.25) is 10.0 Å². The molecule has 0 spiro atoms. The van der Waals surface area contributed by atoms with Crippen LogP contribution in [0.5, 0.6) is 0 Å². The Morgan fingerprint density at radius 1 is 1.00 bits per heavy atom. The summed E-state index contributed by atoms with van der Waals surface area (Å²) in [5, 5.41) is 3.79. The molecular weight excluding hydrogens is 465 g/mol. The van der Waals surface area contributed by atoms with Gasteiger partial charge in [-0.1, -0.05) is 23.2 Å². The van der Waals surface area contributed by atoms with Crippen molar-refractivity contribution >= 4 is 40.8 Å². The average molecular weight is 498 g/mol. The lowest BCUT2D eigenvalue weighted by Gasteiger charge is -2.43. The second-order valence-corrected chi connectivity index (χ2v) is 9.89. The maximum absolute atomic E-state index is 12.6. The number of nitrogens with zero attached hydrogens (tertiary/aromatic N) is 4. The Labute approximate surface area is 205 Å². The number of carbonyl (C=O) groups is 2. The zero-order valence-corrected chi connectivity index (χ0v) is 20.7. The fourth-order valence-electron chi connectivity index (χ4n) is 4.93. The quantitative estimate of drug-likeness (QED) is 0.692. The summed E-state index contributed by atoms with van der Waals surface area (Å²) >= 11 is 12.0. The summed E-state index contributed by atoms with van der Waals surface area (Å²) in [7, 11) is 0. The number of hydrogen-bond donors (Lipinski definition) is 1. The van der Waals surface area contributed by atoms with Crippen molar-refractivity contribution in [3.63, 3.8) is 0 Å². The number of amides is 3. The lowest BCUT2D eigenvalue weighted by atomic mass is 10.0.